The molecule has 3 rings (SSSR count). The van der Waals surface area contributed by atoms with Crippen molar-refractivity contribution in [3.05, 3.63) is 59.2 Å². The van der Waals surface area contributed by atoms with Crippen LogP contribution in [0.15, 0.2) is 47.6 Å². The van der Waals surface area contributed by atoms with Crippen LogP contribution in [0.2, 0.25) is 0 Å². The van der Waals surface area contributed by atoms with Gasteiger partial charge in [-0.3, -0.25) is 5.43 Å². The molecule has 1 N–H and O–H groups in total. The molecular formula is C17H16N2O2S. The molecule has 0 aromatic heterocycles. The molecule has 0 bridgehead atoms. The molecule has 1 heterocycles. The Bertz CT molecular complexity index is 756. The molecule has 0 spiro atoms. The van der Waals surface area contributed by atoms with E-state index in [4.69, 9.17) is 21.7 Å². The fourth-order valence-corrected chi connectivity index (χ4v) is 2.72. The van der Waals surface area contributed by atoms with E-state index in [1.54, 1.807) is 14.2 Å². The summed E-state index contributed by atoms with van der Waals surface area (Å²) in [6.07, 6.45) is 0.707. The summed E-state index contributed by atoms with van der Waals surface area (Å²) in [6.45, 7) is 0. The lowest BCUT2D eigenvalue weighted by molar-refractivity contribution is 0.355. The Labute approximate surface area is 134 Å². The molecule has 2 aromatic carbocycles. The van der Waals surface area contributed by atoms with Crippen LogP contribution in [0, 0.1) is 0 Å². The summed E-state index contributed by atoms with van der Waals surface area (Å²) >= 11 is 5.38. The molecule has 0 aliphatic carbocycles. The third kappa shape index (κ3) is 2.67. The molecule has 22 heavy (non-hydrogen) atoms. The van der Waals surface area contributed by atoms with Gasteiger partial charge in [-0.15, -0.1) is 0 Å². The predicted molar refractivity (Wildman–Crippen MR) is 91.1 cm³/mol. The minimum atomic E-state index is 0.645. The molecule has 1 aliphatic heterocycles. The zero-order valence-corrected chi connectivity index (χ0v) is 13.2. The first-order valence-electron chi connectivity index (χ1n) is 6.90. The number of thiocarbonyl (C=S) groups is 1. The molecule has 1 aliphatic rings. The first kappa shape index (κ1) is 14.5. The Kier molecular flexibility index (Phi) is 4.06. The van der Waals surface area contributed by atoms with E-state index in [2.05, 4.69) is 16.6 Å². The van der Waals surface area contributed by atoms with Crippen LogP contribution in [0.4, 0.5) is 0 Å². The molecule has 0 atom stereocenters. The van der Waals surface area contributed by atoms with Crippen LogP contribution in [0.25, 0.3) is 0 Å². The molecule has 5 heteroatoms. The zero-order chi connectivity index (χ0) is 15.5. The van der Waals surface area contributed by atoms with Crippen molar-refractivity contribution in [2.75, 3.05) is 14.2 Å². The second kappa shape index (κ2) is 6.15. The van der Waals surface area contributed by atoms with Crippen molar-refractivity contribution in [3.63, 3.8) is 0 Å². The number of benzene rings is 2. The molecule has 4 nitrogen and oxygen atoms in total. The van der Waals surface area contributed by atoms with Gasteiger partial charge in [0.15, 0.2) is 11.5 Å². The number of hydrazone groups is 1. The van der Waals surface area contributed by atoms with Gasteiger partial charge in [0.05, 0.1) is 19.9 Å². The van der Waals surface area contributed by atoms with Crippen LogP contribution in [0.1, 0.15) is 16.7 Å². The van der Waals surface area contributed by atoms with Gasteiger partial charge in [-0.1, -0.05) is 36.5 Å². The van der Waals surface area contributed by atoms with E-state index < -0.39 is 0 Å². The number of hydrogen-bond acceptors (Lipinski definition) is 4. The van der Waals surface area contributed by atoms with Crippen molar-refractivity contribution in [2.45, 2.75) is 6.42 Å². The number of rotatable bonds is 3. The minimum absolute atomic E-state index is 0.645. The van der Waals surface area contributed by atoms with Crippen LogP contribution in [0.5, 0.6) is 11.5 Å². The number of hydrogen-bond donors (Lipinski definition) is 1. The summed E-state index contributed by atoms with van der Waals surface area (Å²) in [7, 11) is 3.25. The highest BCUT2D eigenvalue weighted by molar-refractivity contribution is 7.80. The maximum atomic E-state index is 5.38. The van der Waals surface area contributed by atoms with Gasteiger partial charge in [0, 0.05) is 17.5 Å². The molecular weight excluding hydrogens is 296 g/mol. The number of methoxy groups -OCH3 is 2. The highest BCUT2D eigenvalue weighted by Crippen LogP contribution is 2.28. The summed E-state index contributed by atoms with van der Waals surface area (Å²) in [5.74, 6) is 1.38. The second-order valence-corrected chi connectivity index (χ2v) is 5.31. The van der Waals surface area contributed by atoms with Gasteiger partial charge in [-0.25, -0.2) is 0 Å². The van der Waals surface area contributed by atoms with Crippen molar-refractivity contribution in [2.24, 2.45) is 5.10 Å². The second-order valence-electron chi connectivity index (χ2n) is 4.90. The summed E-state index contributed by atoms with van der Waals surface area (Å²) < 4.78 is 10.6. The van der Waals surface area contributed by atoms with E-state index in [1.807, 2.05) is 36.4 Å². The third-order valence-electron chi connectivity index (χ3n) is 3.63. The number of ether oxygens (including phenoxy) is 2. The zero-order valence-electron chi connectivity index (χ0n) is 12.4. The lowest BCUT2D eigenvalue weighted by atomic mass is 9.98. The number of fused-ring (bicyclic) bond motifs is 1. The minimum Gasteiger partial charge on any atom is -0.493 e. The topological polar surface area (TPSA) is 42.8 Å². The molecule has 0 saturated carbocycles. The molecule has 0 fully saturated rings. The van der Waals surface area contributed by atoms with E-state index in [0.29, 0.717) is 22.9 Å². The summed E-state index contributed by atoms with van der Waals surface area (Å²) in [4.78, 5) is 0.645. The summed E-state index contributed by atoms with van der Waals surface area (Å²) in [5.41, 5.74) is 7.03. The third-order valence-corrected chi connectivity index (χ3v) is 3.94. The SMILES string of the molecule is COc1ccc(C2=NNC(=S)c3ccccc3C2)cc1OC. The Hall–Kier alpha value is -2.40. The monoisotopic (exact) mass is 312 g/mol. The summed E-state index contributed by atoms with van der Waals surface area (Å²) in [6, 6.07) is 13.9. The smallest absolute Gasteiger partial charge is 0.161 e. The molecule has 0 radical (unpaired) electrons. The molecule has 112 valence electrons. The standard InChI is InChI=1S/C17H16N2O2S/c1-20-15-8-7-12(10-16(15)21-2)14-9-11-5-3-4-6-13(11)17(22)19-18-14/h3-8,10H,9H2,1-2H3,(H,19,22). The van der Waals surface area contributed by atoms with Crippen LogP contribution in [-0.4, -0.2) is 24.9 Å². The van der Waals surface area contributed by atoms with Gasteiger partial charge < -0.3 is 9.47 Å². The van der Waals surface area contributed by atoms with Gasteiger partial charge in [-0.2, -0.15) is 5.10 Å². The van der Waals surface area contributed by atoms with Crippen LogP contribution < -0.4 is 14.9 Å². The first-order valence-corrected chi connectivity index (χ1v) is 7.31. The van der Waals surface area contributed by atoms with Crippen molar-refractivity contribution in [3.8, 4) is 11.5 Å². The van der Waals surface area contributed by atoms with Crippen molar-refractivity contribution in [1.82, 2.24) is 5.43 Å². The highest BCUT2D eigenvalue weighted by Gasteiger charge is 2.16. The van der Waals surface area contributed by atoms with Crippen LogP contribution >= 0.6 is 12.2 Å². The Morgan fingerprint density at radius 3 is 2.59 bits per heavy atom. The van der Waals surface area contributed by atoms with Crippen molar-refractivity contribution in [1.29, 1.82) is 0 Å². The molecule has 0 saturated heterocycles. The normalized spacial score (nSPS) is 13.5. The largest absolute Gasteiger partial charge is 0.493 e. The van der Waals surface area contributed by atoms with Gasteiger partial charge in [0.25, 0.3) is 0 Å². The average Bonchev–Trinajstić information content (AvgIpc) is 2.74. The fourth-order valence-electron chi connectivity index (χ4n) is 2.48. The van der Waals surface area contributed by atoms with Crippen LogP contribution in [0.3, 0.4) is 0 Å². The lowest BCUT2D eigenvalue weighted by Gasteiger charge is -2.11. The van der Waals surface area contributed by atoms with Crippen molar-refractivity contribution < 1.29 is 9.47 Å². The van der Waals surface area contributed by atoms with Crippen molar-refractivity contribution >= 4 is 22.9 Å². The highest BCUT2D eigenvalue weighted by atomic mass is 32.1. The average molecular weight is 312 g/mol. The first-order chi connectivity index (χ1) is 10.7. The van der Waals surface area contributed by atoms with E-state index >= 15 is 0 Å². The molecule has 0 unspecified atom stereocenters. The Balaban J connectivity index is 2.01. The van der Waals surface area contributed by atoms with E-state index in [-0.39, 0.29) is 0 Å². The van der Waals surface area contributed by atoms with Gasteiger partial charge in [-0.05, 0) is 23.8 Å². The summed E-state index contributed by atoms with van der Waals surface area (Å²) in [5, 5.41) is 4.45. The molecule has 0 amide bonds. The van der Waals surface area contributed by atoms with E-state index in [0.717, 1.165) is 22.4 Å². The predicted octanol–water partition coefficient (Wildman–Crippen LogP) is 2.93. The van der Waals surface area contributed by atoms with Gasteiger partial charge in [0.2, 0.25) is 0 Å². The number of nitrogens with zero attached hydrogens (tertiary/aromatic N) is 1. The Morgan fingerprint density at radius 1 is 1.05 bits per heavy atom. The number of nitrogens with one attached hydrogen (secondary N) is 1. The van der Waals surface area contributed by atoms with Crippen LogP contribution in [-0.2, 0) is 6.42 Å². The van der Waals surface area contributed by atoms with Gasteiger partial charge >= 0.3 is 0 Å². The quantitative estimate of drug-likeness (QED) is 0.885. The van der Waals surface area contributed by atoms with Gasteiger partial charge in [0.1, 0.15) is 4.99 Å². The maximum absolute atomic E-state index is 5.38. The Morgan fingerprint density at radius 2 is 1.82 bits per heavy atom. The lowest BCUT2D eigenvalue weighted by Crippen LogP contribution is -2.16. The van der Waals surface area contributed by atoms with E-state index in [1.165, 1.54) is 0 Å². The van der Waals surface area contributed by atoms with E-state index in [9.17, 15) is 0 Å². The maximum Gasteiger partial charge on any atom is 0.161 e. The molecule has 2 aromatic rings. The fraction of sp³-hybridized carbons (Fsp3) is 0.176.